The van der Waals surface area contributed by atoms with E-state index in [1.54, 1.807) is 0 Å². The normalized spacial score (nSPS) is 18.8. The van der Waals surface area contributed by atoms with E-state index >= 15 is 0 Å². The molecular formula is C9H11N3O4S2. The maximum Gasteiger partial charge on any atom is 0.313 e. The predicted octanol–water partition coefficient (Wildman–Crippen LogP) is 0.832. The number of carboxylic acid groups (broad SMARTS) is 1. The summed E-state index contributed by atoms with van der Waals surface area (Å²) in [6.07, 6.45) is 1.18. The molecule has 1 unspecified atom stereocenters. The molecule has 2 rings (SSSR count). The molecule has 1 aliphatic heterocycles. The van der Waals surface area contributed by atoms with Crippen molar-refractivity contribution in [1.29, 1.82) is 0 Å². The van der Waals surface area contributed by atoms with E-state index in [4.69, 9.17) is 9.84 Å². The van der Waals surface area contributed by atoms with Crippen LogP contribution in [0.3, 0.4) is 0 Å². The zero-order chi connectivity index (χ0) is 13.0. The zero-order valence-corrected chi connectivity index (χ0v) is 10.9. The quantitative estimate of drug-likeness (QED) is 0.611. The number of aromatic nitrogens is 2. The molecule has 98 valence electrons. The standard InChI is InChI=1S/C9H11N3O4S2/c13-6(14)4-17-9-12-11-8(18-9)10-7(15)5-2-1-3-16-5/h5H,1-4H2,(H,13,14)(H,10,11,15). The molecule has 7 nitrogen and oxygen atoms in total. The topological polar surface area (TPSA) is 101 Å². The van der Waals surface area contributed by atoms with Gasteiger partial charge in [-0.15, -0.1) is 10.2 Å². The van der Waals surface area contributed by atoms with Crippen LogP contribution < -0.4 is 5.32 Å². The molecular weight excluding hydrogens is 278 g/mol. The first-order valence-corrected chi connectivity index (χ1v) is 7.06. The number of nitrogens with one attached hydrogen (secondary N) is 1. The molecule has 18 heavy (non-hydrogen) atoms. The number of rotatable bonds is 5. The molecule has 2 N–H and O–H groups in total. The van der Waals surface area contributed by atoms with E-state index in [1.807, 2.05) is 0 Å². The lowest BCUT2D eigenvalue weighted by Crippen LogP contribution is -2.26. The van der Waals surface area contributed by atoms with Gasteiger partial charge in [0.1, 0.15) is 6.10 Å². The lowest BCUT2D eigenvalue weighted by molar-refractivity contribution is -0.134. The summed E-state index contributed by atoms with van der Waals surface area (Å²) in [6.45, 7) is 0.605. The zero-order valence-electron chi connectivity index (χ0n) is 9.29. The predicted molar refractivity (Wildman–Crippen MR) is 65.9 cm³/mol. The smallest absolute Gasteiger partial charge is 0.313 e. The van der Waals surface area contributed by atoms with Crippen molar-refractivity contribution in [2.75, 3.05) is 17.7 Å². The first-order chi connectivity index (χ1) is 8.65. The Kier molecular flexibility index (Phi) is 4.50. The number of carboxylic acids is 1. The number of anilines is 1. The van der Waals surface area contributed by atoms with Crippen molar-refractivity contribution in [3.05, 3.63) is 0 Å². The minimum absolute atomic E-state index is 0.0751. The second-order valence-corrected chi connectivity index (χ2v) is 5.75. The highest BCUT2D eigenvalue weighted by molar-refractivity contribution is 8.01. The van der Waals surface area contributed by atoms with E-state index < -0.39 is 12.1 Å². The monoisotopic (exact) mass is 289 g/mol. The molecule has 0 aromatic carbocycles. The lowest BCUT2D eigenvalue weighted by atomic mass is 10.2. The summed E-state index contributed by atoms with van der Waals surface area (Å²) in [7, 11) is 0. The maximum atomic E-state index is 11.7. The van der Waals surface area contributed by atoms with Crippen molar-refractivity contribution in [3.63, 3.8) is 0 Å². The highest BCUT2D eigenvalue weighted by atomic mass is 32.2. The van der Waals surface area contributed by atoms with E-state index in [0.29, 0.717) is 22.5 Å². The van der Waals surface area contributed by atoms with Crippen LogP contribution in [0.5, 0.6) is 0 Å². The lowest BCUT2D eigenvalue weighted by Gasteiger charge is -2.06. The SMILES string of the molecule is O=C(O)CSc1nnc(NC(=O)C2CCCO2)s1. The van der Waals surface area contributed by atoms with Crippen LogP contribution in [0.4, 0.5) is 5.13 Å². The summed E-state index contributed by atoms with van der Waals surface area (Å²) >= 11 is 2.22. The van der Waals surface area contributed by atoms with Crippen molar-refractivity contribution in [1.82, 2.24) is 10.2 Å². The van der Waals surface area contributed by atoms with Gasteiger partial charge in [-0.25, -0.2) is 0 Å². The maximum absolute atomic E-state index is 11.7. The van der Waals surface area contributed by atoms with Crippen LogP contribution in [0, 0.1) is 0 Å². The van der Waals surface area contributed by atoms with E-state index in [-0.39, 0.29) is 11.7 Å². The Morgan fingerprint density at radius 3 is 3.06 bits per heavy atom. The third kappa shape index (κ3) is 3.65. The van der Waals surface area contributed by atoms with Crippen LogP contribution in [-0.2, 0) is 14.3 Å². The molecule has 2 heterocycles. The van der Waals surface area contributed by atoms with Crippen molar-refractivity contribution < 1.29 is 19.4 Å². The van der Waals surface area contributed by atoms with E-state index in [9.17, 15) is 9.59 Å². The molecule has 0 aliphatic carbocycles. The number of carbonyl (C=O) groups excluding carboxylic acids is 1. The highest BCUT2D eigenvalue weighted by Gasteiger charge is 2.24. The Hall–Kier alpha value is -1.19. The fraction of sp³-hybridized carbons (Fsp3) is 0.556. The molecule has 1 atom stereocenters. The number of hydrogen-bond donors (Lipinski definition) is 2. The van der Waals surface area contributed by atoms with E-state index in [1.165, 1.54) is 0 Å². The molecule has 0 saturated carbocycles. The fourth-order valence-corrected chi connectivity index (χ4v) is 2.89. The summed E-state index contributed by atoms with van der Waals surface area (Å²) in [6, 6.07) is 0. The number of carbonyl (C=O) groups is 2. The van der Waals surface area contributed by atoms with Crippen molar-refractivity contribution in [2.24, 2.45) is 0 Å². The summed E-state index contributed by atoms with van der Waals surface area (Å²) in [4.78, 5) is 22.1. The molecule has 0 radical (unpaired) electrons. The first-order valence-electron chi connectivity index (χ1n) is 5.25. The van der Waals surface area contributed by atoms with Gasteiger partial charge in [0.2, 0.25) is 5.13 Å². The van der Waals surface area contributed by atoms with E-state index in [0.717, 1.165) is 29.5 Å². The molecule has 9 heteroatoms. The van der Waals surface area contributed by atoms with Crippen LogP contribution in [-0.4, -0.2) is 45.6 Å². The average Bonchev–Trinajstić information content (AvgIpc) is 2.97. The second-order valence-electron chi connectivity index (χ2n) is 3.55. The third-order valence-electron chi connectivity index (χ3n) is 2.18. The summed E-state index contributed by atoms with van der Waals surface area (Å²) in [5.74, 6) is -1.22. The van der Waals surface area contributed by atoms with Gasteiger partial charge in [0.05, 0.1) is 5.75 Å². The molecule has 1 aromatic rings. The van der Waals surface area contributed by atoms with Crippen LogP contribution in [0.25, 0.3) is 0 Å². The molecule has 1 aromatic heterocycles. The van der Waals surface area contributed by atoms with Gasteiger partial charge in [0.15, 0.2) is 4.34 Å². The van der Waals surface area contributed by atoms with Crippen molar-refractivity contribution >= 4 is 40.1 Å². The second kappa shape index (κ2) is 6.12. The Balaban J connectivity index is 1.85. The first kappa shape index (κ1) is 13.2. The van der Waals surface area contributed by atoms with Gasteiger partial charge in [0.25, 0.3) is 5.91 Å². The van der Waals surface area contributed by atoms with Crippen LogP contribution in [0.2, 0.25) is 0 Å². The largest absolute Gasteiger partial charge is 0.481 e. The van der Waals surface area contributed by atoms with Crippen LogP contribution in [0.1, 0.15) is 12.8 Å². The number of hydrogen-bond acceptors (Lipinski definition) is 7. The van der Waals surface area contributed by atoms with Crippen molar-refractivity contribution in [2.45, 2.75) is 23.3 Å². The summed E-state index contributed by atoms with van der Waals surface area (Å²) < 4.78 is 5.75. The Bertz CT molecular complexity index is 445. The van der Waals surface area contributed by atoms with Gasteiger partial charge in [-0.3, -0.25) is 14.9 Å². The van der Waals surface area contributed by atoms with Gasteiger partial charge >= 0.3 is 5.97 Å². The Labute approximate surface area is 111 Å². The summed E-state index contributed by atoms with van der Waals surface area (Å²) in [5, 5.41) is 19.0. The third-order valence-corrected chi connectivity index (χ3v) is 4.13. The average molecular weight is 289 g/mol. The van der Waals surface area contributed by atoms with Crippen LogP contribution in [0.15, 0.2) is 4.34 Å². The molecule has 1 aliphatic rings. The fourth-order valence-electron chi connectivity index (χ4n) is 1.41. The summed E-state index contributed by atoms with van der Waals surface area (Å²) in [5.41, 5.74) is 0. The van der Waals surface area contributed by atoms with Gasteiger partial charge in [-0.05, 0) is 12.8 Å². The molecule has 1 fully saturated rings. The van der Waals surface area contributed by atoms with Gasteiger partial charge in [-0.2, -0.15) is 0 Å². The minimum Gasteiger partial charge on any atom is -0.481 e. The molecule has 1 saturated heterocycles. The Morgan fingerprint density at radius 1 is 1.56 bits per heavy atom. The van der Waals surface area contributed by atoms with Crippen LogP contribution >= 0.6 is 23.1 Å². The number of nitrogens with zero attached hydrogens (tertiary/aromatic N) is 2. The van der Waals surface area contributed by atoms with Gasteiger partial charge in [0, 0.05) is 6.61 Å². The molecule has 0 spiro atoms. The number of thioether (sulfide) groups is 1. The minimum atomic E-state index is -0.917. The number of aliphatic carboxylic acids is 1. The van der Waals surface area contributed by atoms with E-state index in [2.05, 4.69) is 15.5 Å². The number of amides is 1. The van der Waals surface area contributed by atoms with Gasteiger partial charge < -0.3 is 9.84 Å². The number of ether oxygens (including phenoxy) is 1. The van der Waals surface area contributed by atoms with Gasteiger partial charge in [-0.1, -0.05) is 23.1 Å². The Morgan fingerprint density at radius 2 is 2.39 bits per heavy atom. The molecule has 0 bridgehead atoms. The van der Waals surface area contributed by atoms with Crippen molar-refractivity contribution in [3.8, 4) is 0 Å². The molecule has 1 amide bonds. The highest BCUT2D eigenvalue weighted by Crippen LogP contribution is 2.25.